The Morgan fingerprint density at radius 2 is 2.26 bits per heavy atom. The Morgan fingerprint density at radius 3 is 2.95 bits per heavy atom. The minimum Gasteiger partial charge on any atom is -0.497 e. The van der Waals surface area contributed by atoms with Gasteiger partial charge in [-0.1, -0.05) is 0 Å². The fourth-order valence-corrected chi connectivity index (χ4v) is 4.01. The van der Waals surface area contributed by atoms with Crippen molar-refractivity contribution in [1.29, 1.82) is 0 Å². The third kappa shape index (κ3) is 4.18. The number of aromatic nitrogens is 1. The first-order valence-electron chi connectivity index (χ1n) is 6.44. The van der Waals surface area contributed by atoms with E-state index in [4.69, 9.17) is 4.74 Å². The van der Waals surface area contributed by atoms with E-state index >= 15 is 0 Å². The second-order valence-electron chi connectivity index (χ2n) is 4.97. The van der Waals surface area contributed by atoms with Crippen molar-refractivity contribution in [3.05, 3.63) is 23.5 Å². The van der Waals surface area contributed by atoms with Crippen molar-refractivity contribution in [2.75, 3.05) is 18.6 Å². The van der Waals surface area contributed by atoms with Gasteiger partial charge in [0.25, 0.3) is 0 Å². The molecule has 5 nitrogen and oxygen atoms in total. The molecular formula is C13H20N2O3S. The molecule has 0 radical (unpaired) electrons. The number of aryl methyl sites for hydroxylation is 1. The molecule has 1 aliphatic rings. The van der Waals surface area contributed by atoms with Gasteiger partial charge in [-0.25, -0.2) is 8.42 Å². The molecule has 19 heavy (non-hydrogen) atoms. The van der Waals surface area contributed by atoms with Gasteiger partial charge in [-0.3, -0.25) is 4.98 Å². The number of rotatable bonds is 4. The molecular weight excluding hydrogens is 264 g/mol. The number of nitrogens with one attached hydrogen (secondary N) is 1. The minimum absolute atomic E-state index is 0.0343. The quantitative estimate of drug-likeness (QED) is 0.895. The number of sulfone groups is 1. The molecule has 0 spiro atoms. The van der Waals surface area contributed by atoms with Crippen molar-refractivity contribution in [2.45, 2.75) is 32.4 Å². The van der Waals surface area contributed by atoms with Crippen LogP contribution in [0.15, 0.2) is 12.1 Å². The van der Waals surface area contributed by atoms with Gasteiger partial charge in [-0.15, -0.1) is 0 Å². The van der Waals surface area contributed by atoms with Crippen molar-refractivity contribution < 1.29 is 13.2 Å². The van der Waals surface area contributed by atoms with E-state index < -0.39 is 9.84 Å². The van der Waals surface area contributed by atoms with Crippen LogP contribution in [-0.2, 0) is 16.4 Å². The molecule has 0 bridgehead atoms. The lowest BCUT2D eigenvalue weighted by Crippen LogP contribution is -2.39. The van der Waals surface area contributed by atoms with Gasteiger partial charge < -0.3 is 10.1 Å². The number of methoxy groups -OCH3 is 1. The zero-order valence-corrected chi connectivity index (χ0v) is 12.2. The van der Waals surface area contributed by atoms with Crippen molar-refractivity contribution in [3.8, 4) is 5.75 Å². The minimum atomic E-state index is -2.86. The number of pyridine rings is 1. The molecule has 1 saturated heterocycles. The number of hydrogen-bond acceptors (Lipinski definition) is 5. The standard InChI is InChI=1S/C13H20N2O3S/c1-10-6-13(18-2)7-12(15-10)8-14-11-4-3-5-19(16,17)9-11/h6-7,11,14H,3-5,8-9H2,1-2H3. The topological polar surface area (TPSA) is 68.3 Å². The lowest BCUT2D eigenvalue weighted by Gasteiger charge is -2.23. The molecule has 0 saturated carbocycles. The molecule has 0 aromatic carbocycles. The monoisotopic (exact) mass is 284 g/mol. The Bertz CT molecular complexity index is 543. The summed E-state index contributed by atoms with van der Waals surface area (Å²) in [5, 5.41) is 3.27. The number of hydrogen-bond donors (Lipinski definition) is 1. The van der Waals surface area contributed by atoms with E-state index in [1.165, 1.54) is 0 Å². The fourth-order valence-electron chi connectivity index (χ4n) is 2.34. The maximum absolute atomic E-state index is 11.6. The zero-order chi connectivity index (χ0) is 13.9. The SMILES string of the molecule is COc1cc(C)nc(CNC2CCCS(=O)(=O)C2)c1. The van der Waals surface area contributed by atoms with Crippen LogP contribution in [0.4, 0.5) is 0 Å². The van der Waals surface area contributed by atoms with Crippen molar-refractivity contribution >= 4 is 9.84 Å². The van der Waals surface area contributed by atoms with Gasteiger partial charge in [0.05, 0.1) is 24.3 Å². The van der Waals surface area contributed by atoms with Crippen LogP contribution in [0.25, 0.3) is 0 Å². The summed E-state index contributed by atoms with van der Waals surface area (Å²) in [6, 6.07) is 3.78. The maximum Gasteiger partial charge on any atom is 0.151 e. The second-order valence-corrected chi connectivity index (χ2v) is 7.20. The summed E-state index contributed by atoms with van der Waals surface area (Å²) in [6.07, 6.45) is 1.65. The normalized spacial score (nSPS) is 22.1. The van der Waals surface area contributed by atoms with Gasteiger partial charge >= 0.3 is 0 Å². The van der Waals surface area contributed by atoms with Crippen LogP contribution < -0.4 is 10.1 Å². The highest BCUT2D eigenvalue weighted by Crippen LogP contribution is 2.15. The van der Waals surface area contributed by atoms with Crippen LogP contribution in [0.2, 0.25) is 0 Å². The van der Waals surface area contributed by atoms with E-state index in [0.717, 1.165) is 30.0 Å². The molecule has 106 valence electrons. The molecule has 1 atom stereocenters. The van der Waals surface area contributed by atoms with E-state index in [2.05, 4.69) is 10.3 Å². The van der Waals surface area contributed by atoms with E-state index in [0.29, 0.717) is 12.3 Å². The predicted octanol–water partition coefficient (Wildman–Crippen LogP) is 1.07. The highest BCUT2D eigenvalue weighted by atomic mass is 32.2. The Morgan fingerprint density at radius 1 is 1.47 bits per heavy atom. The number of nitrogens with zero attached hydrogens (tertiary/aromatic N) is 1. The van der Waals surface area contributed by atoms with Crippen LogP contribution in [0.1, 0.15) is 24.2 Å². The summed E-state index contributed by atoms with van der Waals surface area (Å²) < 4.78 is 28.3. The maximum atomic E-state index is 11.6. The van der Waals surface area contributed by atoms with Crippen molar-refractivity contribution in [1.82, 2.24) is 10.3 Å². The summed E-state index contributed by atoms with van der Waals surface area (Å²) in [7, 11) is -1.24. The predicted molar refractivity (Wildman–Crippen MR) is 74.0 cm³/mol. The van der Waals surface area contributed by atoms with E-state index in [-0.39, 0.29) is 11.8 Å². The van der Waals surface area contributed by atoms with E-state index in [1.54, 1.807) is 7.11 Å². The van der Waals surface area contributed by atoms with Gasteiger partial charge in [-0.2, -0.15) is 0 Å². The zero-order valence-electron chi connectivity index (χ0n) is 11.3. The lowest BCUT2D eigenvalue weighted by molar-refractivity contribution is 0.412. The average molecular weight is 284 g/mol. The summed E-state index contributed by atoms with van der Waals surface area (Å²) >= 11 is 0. The molecule has 2 heterocycles. The first-order valence-corrected chi connectivity index (χ1v) is 8.26. The molecule has 6 heteroatoms. The third-order valence-electron chi connectivity index (χ3n) is 3.25. The van der Waals surface area contributed by atoms with Crippen LogP contribution in [0.5, 0.6) is 5.75 Å². The lowest BCUT2D eigenvalue weighted by atomic mass is 10.2. The first kappa shape index (κ1) is 14.3. The average Bonchev–Trinajstić information content (AvgIpc) is 2.34. The molecule has 0 aliphatic carbocycles. The van der Waals surface area contributed by atoms with Crippen LogP contribution in [0.3, 0.4) is 0 Å². The van der Waals surface area contributed by atoms with Crippen LogP contribution >= 0.6 is 0 Å². The van der Waals surface area contributed by atoms with Gasteiger partial charge in [0.1, 0.15) is 5.75 Å². The summed E-state index contributed by atoms with van der Waals surface area (Å²) in [5.41, 5.74) is 1.77. The number of ether oxygens (including phenoxy) is 1. The van der Waals surface area contributed by atoms with E-state index in [9.17, 15) is 8.42 Å². The second kappa shape index (κ2) is 5.88. The molecule has 2 rings (SSSR count). The summed E-state index contributed by atoms with van der Waals surface area (Å²) in [4.78, 5) is 4.41. The highest BCUT2D eigenvalue weighted by molar-refractivity contribution is 7.91. The van der Waals surface area contributed by atoms with Gasteiger partial charge in [0.2, 0.25) is 0 Å². The molecule has 1 N–H and O–H groups in total. The smallest absolute Gasteiger partial charge is 0.151 e. The third-order valence-corrected chi connectivity index (χ3v) is 5.07. The Kier molecular flexibility index (Phi) is 4.42. The summed E-state index contributed by atoms with van der Waals surface area (Å²) in [6.45, 7) is 2.48. The Balaban J connectivity index is 1.97. The van der Waals surface area contributed by atoms with Crippen LogP contribution in [0, 0.1) is 6.92 Å². The van der Waals surface area contributed by atoms with Crippen molar-refractivity contribution in [2.24, 2.45) is 0 Å². The highest BCUT2D eigenvalue weighted by Gasteiger charge is 2.24. The summed E-state index contributed by atoms with van der Waals surface area (Å²) in [5.74, 6) is 1.33. The molecule has 1 unspecified atom stereocenters. The molecule has 1 aliphatic heterocycles. The van der Waals surface area contributed by atoms with Crippen molar-refractivity contribution in [3.63, 3.8) is 0 Å². The largest absolute Gasteiger partial charge is 0.497 e. The first-order chi connectivity index (χ1) is 8.98. The molecule has 1 aromatic rings. The Labute approximate surface area is 114 Å². The van der Waals surface area contributed by atoms with Gasteiger partial charge in [0, 0.05) is 30.4 Å². The molecule has 0 amide bonds. The van der Waals surface area contributed by atoms with Gasteiger partial charge in [0.15, 0.2) is 9.84 Å². The van der Waals surface area contributed by atoms with Crippen LogP contribution in [-0.4, -0.2) is 38.1 Å². The van der Waals surface area contributed by atoms with Gasteiger partial charge in [-0.05, 0) is 19.8 Å². The molecule has 1 aromatic heterocycles. The fraction of sp³-hybridized carbons (Fsp3) is 0.615. The van der Waals surface area contributed by atoms with E-state index in [1.807, 2.05) is 19.1 Å². The Hall–Kier alpha value is -1.14. The molecule has 1 fully saturated rings.